The lowest BCUT2D eigenvalue weighted by molar-refractivity contribution is -0.148. The summed E-state index contributed by atoms with van der Waals surface area (Å²) in [6, 6.07) is 16.1. The first-order valence-electron chi connectivity index (χ1n) is 10.8. The van der Waals surface area contributed by atoms with Gasteiger partial charge in [-0.1, -0.05) is 67.6 Å². The maximum atomic E-state index is 13.1. The summed E-state index contributed by atoms with van der Waals surface area (Å²) in [5.41, 5.74) is 1.59. The van der Waals surface area contributed by atoms with Crippen molar-refractivity contribution in [2.75, 3.05) is 14.2 Å². The van der Waals surface area contributed by atoms with Gasteiger partial charge in [0.2, 0.25) is 5.91 Å². The molecule has 0 spiro atoms. The summed E-state index contributed by atoms with van der Waals surface area (Å²) in [5, 5.41) is 5.18. The van der Waals surface area contributed by atoms with E-state index >= 15 is 0 Å². The fraction of sp³-hybridized carbons (Fsp3) is 0.360. The minimum atomic E-state index is -1.11. The van der Waals surface area contributed by atoms with Crippen LogP contribution in [0.15, 0.2) is 60.7 Å². The molecule has 0 fully saturated rings. The molecule has 2 rings (SSSR count). The lowest BCUT2D eigenvalue weighted by Crippen LogP contribution is -2.54. The topological polar surface area (TPSA) is 120 Å². The van der Waals surface area contributed by atoms with Gasteiger partial charge in [-0.2, -0.15) is 0 Å². The van der Waals surface area contributed by atoms with Crippen LogP contribution in [0.4, 0.5) is 4.79 Å². The first kappa shape index (κ1) is 26.4. The van der Waals surface area contributed by atoms with E-state index in [0.717, 1.165) is 11.1 Å². The molecule has 2 amide bonds. The van der Waals surface area contributed by atoms with Crippen LogP contribution in [-0.4, -0.2) is 50.2 Å². The number of hydrogen-bond acceptors (Lipinski definition) is 7. The van der Waals surface area contributed by atoms with E-state index in [-0.39, 0.29) is 19.4 Å². The van der Waals surface area contributed by atoms with Gasteiger partial charge in [-0.25, -0.2) is 9.59 Å². The van der Waals surface area contributed by atoms with Crippen molar-refractivity contribution in [3.8, 4) is 0 Å². The number of ether oxygens (including phenoxy) is 3. The number of carbonyl (C=O) groups is 4. The second-order valence-electron chi connectivity index (χ2n) is 7.72. The maximum absolute atomic E-state index is 13.1. The Bertz CT molecular complexity index is 950. The lowest BCUT2D eigenvalue weighted by Gasteiger charge is -2.25. The number of rotatable bonds is 11. The summed E-state index contributed by atoms with van der Waals surface area (Å²) in [6.07, 6.45) is -0.726. The van der Waals surface area contributed by atoms with E-state index in [1.807, 2.05) is 60.7 Å². The number of carbonyl (C=O) groups excluding carboxylic acids is 4. The first-order chi connectivity index (χ1) is 16.3. The molecule has 0 radical (unpaired) electrons. The number of hydrogen-bond donors (Lipinski definition) is 2. The molecule has 2 aromatic rings. The van der Waals surface area contributed by atoms with Crippen molar-refractivity contribution in [1.82, 2.24) is 10.6 Å². The predicted molar refractivity (Wildman–Crippen MR) is 123 cm³/mol. The third-order valence-corrected chi connectivity index (χ3v) is 5.14. The average Bonchev–Trinajstić information content (AvgIpc) is 2.86. The molecule has 34 heavy (non-hydrogen) atoms. The van der Waals surface area contributed by atoms with Crippen LogP contribution in [0.1, 0.15) is 24.5 Å². The van der Waals surface area contributed by atoms with E-state index in [1.54, 1.807) is 6.92 Å². The molecule has 9 nitrogen and oxygen atoms in total. The molecule has 0 aliphatic heterocycles. The van der Waals surface area contributed by atoms with E-state index in [1.165, 1.54) is 14.2 Å². The Hall–Kier alpha value is -3.88. The van der Waals surface area contributed by atoms with Crippen LogP contribution in [0, 0.1) is 5.92 Å². The van der Waals surface area contributed by atoms with Crippen molar-refractivity contribution in [1.29, 1.82) is 0 Å². The highest BCUT2D eigenvalue weighted by Gasteiger charge is 2.32. The predicted octanol–water partition coefficient (Wildman–Crippen LogP) is 2.38. The Morgan fingerprint density at radius 1 is 0.824 bits per heavy atom. The Kier molecular flexibility index (Phi) is 10.6. The highest BCUT2D eigenvalue weighted by Crippen LogP contribution is 2.13. The normalized spacial score (nSPS) is 13.0. The first-order valence-corrected chi connectivity index (χ1v) is 10.8. The van der Waals surface area contributed by atoms with Gasteiger partial charge in [0.15, 0.2) is 0 Å². The molecule has 9 heteroatoms. The quantitative estimate of drug-likeness (QED) is 0.382. The fourth-order valence-electron chi connectivity index (χ4n) is 3.24. The molecular formula is C25H30N2O7. The van der Waals surface area contributed by atoms with Gasteiger partial charge in [-0.05, 0) is 17.0 Å². The van der Waals surface area contributed by atoms with Gasteiger partial charge < -0.3 is 24.8 Å². The molecule has 182 valence electrons. The minimum Gasteiger partial charge on any atom is -0.469 e. The Balaban J connectivity index is 2.13. The van der Waals surface area contributed by atoms with E-state index in [9.17, 15) is 19.2 Å². The lowest BCUT2D eigenvalue weighted by atomic mass is 9.97. The van der Waals surface area contributed by atoms with Crippen molar-refractivity contribution < 1.29 is 33.4 Å². The number of alkyl carbamates (subject to hydrolysis) is 1. The zero-order valence-corrected chi connectivity index (χ0v) is 19.5. The smallest absolute Gasteiger partial charge is 0.408 e. The number of methoxy groups -OCH3 is 2. The van der Waals surface area contributed by atoms with E-state index in [0.29, 0.717) is 0 Å². The molecule has 0 heterocycles. The van der Waals surface area contributed by atoms with Crippen LogP contribution in [0.3, 0.4) is 0 Å². The number of nitrogens with one attached hydrogen (secondary N) is 2. The van der Waals surface area contributed by atoms with Gasteiger partial charge in [0.1, 0.15) is 18.7 Å². The summed E-state index contributed by atoms with van der Waals surface area (Å²) in [7, 11) is 2.43. The van der Waals surface area contributed by atoms with Crippen LogP contribution < -0.4 is 10.6 Å². The number of amides is 2. The summed E-state index contributed by atoms with van der Waals surface area (Å²) in [6.45, 7) is 1.65. The fourth-order valence-corrected chi connectivity index (χ4v) is 3.24. The molecule has 2 N–H and O–H groups in total. The molecule has 0 aliphatic carbocycles. The summed E-state index contributed by atoms with van der Waals surface area (Å²) < 4.78 is 14.7. The van der Waals surface area contributed by atoms with Crippen LogP contribution in [0.25, 0.3) is 0 Å². The van der Waals surface area contributed by atoms with E-state index < -0.39 is 41.9 Å². The van der Waals surface area contributed by atoms with Gasteiger partial charge in [0.25, 0.3) is 0 Å². The third kappa shape index (κ3) is 8.57. The average molecular weight is 471 g/mol. The molecule has 2 aromatic carbocycles. The van der Waals surface area contributed by atoms with Gasteiger partial charge in [0.05, 0.1) is 20.6 Å². The molecule has 3 atom stereocenters. The Morgan fingerprint density at radius 3 is 1.97 bits per heavy atom. The second-order valence-corrected chi connectivity index (χ2v) is 7.72. The molecule has 0 bridgehead atoms. The van der Waals surface area contributed by atoms with Gasteiger partial charge in [-0.3, -0.25) is 9.59 Å². The highest BCUT2D eigenvalue weighted by molar-refractivity contribution is 5.90. The molecule has 0 aromatic heterocycles. The zero-order chi connectivity index (χ0) is 24.9. The Labute approximate surface area is 198 Å². The molecule has 0 saturated heterocycles. The van der Waals surface area contributed by atoms with Crippen molar-refractivity contribution in [2.24, 2.45) is 5.92 Å². The van der Waals surface area contributed by atoms with Crippen LogP contribution in [-0.2, 0) is 41.6 Å². The van der Waals surface area contributed by atoms with Gasteiger partial charge in [-0.15, -0.1) is 0 Å². The van der Waals surface area contributed by atoms with Gasteiger partial charge >= 0.3 is 18.0 Å². The number of esters is 2. The highest BCUT2D eigenvalue weighted by atomic mass is 16.5. The van der Waals surface area contributed by atoms with E-state index in [4.69, 9.17) is 9.47 Å². The summed E-state index contributed by atoms with van der Waals surface area (Å²) >= 11 is 0. The largest absolute Gasteiger partial charge is 0.469 e. The monoisotopic (exact) mass is 470 g/mol. The van der Waals surface area contributed by atoms with Crippen molar-refractivity contribution in [3.63, 3.8) is 0 Å². The maximum Gasteiger partial charge on any atom is 0.408 e. The van der Waals surface area contributed by atoms with Gasteiger partial charge in [0, 0.05) is 6.42 Å². The molecule has 0 saturated carbocycles. The zero-order valence-electron chi connectivity index (χ0n) is 19.5. The minimum absolute atomic E-state index is 0.0350. The van der Waals surface area contributed by atoms with Crippen LogP contribution in [0.5, 0.6) is 0 Å². The molecule has 0 unspecified atom stereocenters. The number of benzene rings is 2. The Morgan fingerprint density at radius 2 is 1.41 bits per heavy atom. The van der Waals surface area contributed by atoms with E-state index in [2.05, 4.69) is 15.4 Å². The van der Waals surface area contributed by atoms with Crippen molar-refractivity contribution in [2.45, 2.75) is 38.5 Å². The molecular weight excluding hydrogens is 440 g/mol. The SMILES string of the molecule is COC(=O)C[C@H](C)[C@H](NC(=O)[C@@H](Cc1ccccc1)NC(=O)OCc1ccccc1)C(=O)OC. The second kappa shape index (κ2) is 13.6. The third-order valence-electron chi connectivity index (χ3n) is 5.14. The van der Waals surface area contributed by atoms with Crippen molar-refractivity contribution >= 4 is 23.9 Å². The standard InChI is InChI=1S/C25H30N2O7/c1-17(14-21(28)32-2)22(24(30)33-3)27-23(29)20(15-18-10-6-4-7-11-18)26-25(31)34-16-19-12-8-5-9-13-19/h4-13,17,20,22H,14-16H2,1-3H3,(H,26,31)(H,27,29)/t17-,20+,22-/m0/s1. The van der Waals surface area contributed by atoms with Crippen molar-refractivity contribution in [3.05, 3.63) is 71.8 Å². The van der Waals surface area contributed by atoms with Crippen LogP contribution in [0.2, 0.25) is 0 Å². The van der Waals surface area contributed by atoms with Crippen LogP contribution >= 0.6 is 0 Å². The molecule has 0 aliphatic rings. The summed E-state index contributed by atoms with van der Waals surface area (Å²) in [4.78, 5) is 49.6. The summed E-state index contributed by atoms with van der Waals surface area (Å²) in [5.74, 6) is -2.46.